The molecule has 0 aromatic heterocycles. The Bertz CT molecular complexity index is 823. The number of fused-ring (bicyclic) bond motifs is 4. The summed E-state index contributed by atoms with van der Waals surface area (Å²) in [5, 5.41) is 9.84. The first kappa shape index (κ1) is 16.8. The van der Waals surface area contributed by atoms with E-state index in [0.29, 0.717) is 19.7 Å². The van der Waals surface area contributed by atoms with E-state index in [-0.39, 0.29) is 24.2 Å². The van der Waals surface area contributed by atoms with Crippen LogP contribution in [0.2, 0.25) is 0 Å². The van der Waals surface area contributed by atoms with Gasteiger partial charge in [-0.05, 0) is 28.7 Å². The van der Waals surface area contributed by atoms with E-state index in [1.807, 2.05) is 12.1 Å². The summed E-state index contributed by atoms with van der Waals surface area (Å²) in [5.74, 6) is 0.0935. The average Bonchev–Trinajstić information content (AvgIpc) is 3.22. The van der Waals surface area contributed by atoms with Gasteiger partial charge in [0.2, 0.25) is 0 Å². The van der Waals surface area contributed by atoms with E-state index in [0.717, 1.165) is 19.5 Å². The van der Waals surface area contributed by atoms with Crippen LogP contribution in [0.1, 0.15) is 23.5 Å². The van der Waals surface area contributed by atoms with Gasteiger partial charge in [0.1, 0.15) is 6.61 Å². The smallest absolute Gasteiger partial charge is 0.409 e. The first-order valence-electron chi connectivity index (χ1n) is 9.73. The first-order chi connectivity index (χ1) is 13.2. The molecular weight excluding hydrogens is 340 g/mol. The van der Waals surface area contributed by atoms with Gasteiger partial charge >= 0.3 is 6.09 Å². The molecule has 5 heteroatoms. The number of amides is 1. The molecule has 2 fully saturated rings. The molecule has 0 unspecified atom stereocenters. The van der Waals surface area contributed by atoms with Crippen molar-refractivity contribution in [1.82, 2.24) is 9.80 Å². The zero-order valence-electron chi connectivity index (χ0n) is 15.3. The number of piperazine rings is 1. The van der Waals surface area contributed by atoms with Crippen LogP contribution in [0, 0.1) is 0 Å². The molecule has 2 aliphatic heterocycles. The van der Waals surface area contributed by atoms with Crippen molar-refractivity contribution in [3.8, 4) is 11.1 Å². The number of hydrogen-bond donors (Lipinski definition) is 1. The number of nitrogens with zero attached hydrogens (tertiary/aromatic N) is 2. The third-order valence-corrected chi connectivity index (χ3v) is 6.19. The molecule has 3 aliphatic rings. The lowest BCUT2D eigenvalue weighted by atomic mass is 9.98. The van der Waals surface area contributed by atoms with Gasteiger partial charge in [-0.25, -0.2) is 4.79 Å². The minimum absolute atomic E-state index is 0.0935. The molecule has 0 bridgehead atoms. The van der Waals surface area contributed by atoms with Crippen molar-refractivity contribution >= 4 is 6.09 Å². The predicted molar refractivity (Wildman–Crippen MR) is 103 cm³/mol. The molecule has 140 valence electrons. The molecule has 2 heterocycles. The number of ether oxygens (including phenoxy) is 1. The van der Waals surface area contributed by atoms with Crippen LogP contribution >= 0.6 is 0 Å². The molecule has 27 heavy (non-hydrogen) atoms. The van der Waals surface area contributed by atoms with Gasteiger partial charge in [-0.1, -0.05) is 48.5 Å². The second kappa shape index (κ2) is 6.66. The molecule has 2 aromatic carbocycles. The van der Waals surface area contributed by atoms with Crippen molar-refractivity contribution in [3.63, 3.8) is 0 Å². The molecule has 0 radical (unpaired) electrons. The summed E-state index contributed by atoms with van der Waals surface area (Å²) in [6, 6.07) is 17.0. The lowest BCUT2D eigenvalue weighted by Gasteiger charge is -2.36. The van der Waals surface area contributed by atoms with E-state index in [1.54, 1.807) is 4.90 Å². The topological polar surface area (TPSA) is 53.0 Å². The highest BCUT2D eigenvalue weighted by Gasteiger charge is 2.37. The molecule has 1 N–H and O–H groups in total. The monoisotopic (exact) mass is 364 g/mol. The predicted octanol–water partition coefficient (Wildman–Crippen LogP) is 2.69. The number of aliphatic hydroxyl groups is 1. The van der Waals surface area contributed by atoms with Crippen molar-refractivity contribution in [1.29, 1.82) is 0 Å². The molecule has 2 saturated heterocycles. The lowest BCUT2D eigenvalue weighted by molar-refractivity contribution is 0.0626. The Hall–Kier alpha value is -2.37. The van der Waals surface area contributed by atoms with Gasteiger partial charge in [-0.2, -0.15) is 0 Å². The molecule has 2 atom stereocenters. The minimum atomic E-state index is -0.266. The van der Waals surface area contributed by atoms with Gasteiger partial charge < -0.3 is 14.7 Å². The highest BCUT2D eigenvalue weighted by molar-refractivity contribution is 5.79. The van der Waals surface area contributed by atoms with Crippen molar-refractivity contribution in [2.75, 3.05) is 32.8 Å². The number of carbonyl (C=O) groups excluding carboxylic acids is 1. The Balaban J connectivity index is 1.28. The molecule has 5 nitrogen and oxygen atoms in total. The van der Waals surface area contributed by atoms with Crippen molar-refractivity contribution in [2.24, 2.45) is 0 Å². The van der Waals surface area contributed by atoms with Gasteiger partial charge in [0.05, 0.1) is 6.10 Å². The third kappa shape index (κ3) is 2.91. The maximum absolute atomic E-state index is 12.7. The maximum Gasteiger partial charge on any atom is 0.409 e. The molecule has 1 amide bonds. The van der Waals surface area contributed by atoms with Crippen LogP contribution in [0.4, 0.5) is 4.79 Å². The summed E-state index contributed by atoms with van der Waals surface area (Å²) < 4.78 is 5.76. The SMILES string of the molecule is O=C(OCC1c2ccccc2-c2ccccc21)N1CCN2C[C@@H](O)C[C@H]2C1. The normalized spacial score (nSPS) is 24.4. The van der Waals surface area contributed by atoms with E-state index < -0.39 is 0 Å². The van der Waals surface area contributed by atoms with Crippen LogP contribution in [-0.4, -0.2) is 65.9 Å². The summed E-state index contributed by atoms with van der Waals surface area (Å²) >= 11 is 0. The highest BCUT2D eigenvalue weighted by atomic mass is 16.6. The van der Waals surface area contributed by atoms with E-state index in [1.165, 1.54) is 22.3 Å². The van der Waals surface area contributed by atoms with Gasteiger partial charge in [0, 0.05) is 38.1 Å². The van der Waals surface area contributed by atoms with Gasteiger partial charge in [-0.3, -0.25) is 4.90 Å². The summed E-state index contributed by atoms with van der Waals surface area (Å²) in [4.78, 5) is 16.7. The third-order valence-electron chi connectivity index (χ3n) is 6.19. The van der Waals surface area contributed by atoms with Crippen LogP contribution in [-0.2, 0) is 4.74 Å². The van der Waals surface area contributed by atoms with Crippen molar-refractivity contribution < 1.29 is 14.6 Å². The maximum atomic E-state index is 12.7. The molecule has 1 aliphatic carbocycles. The van der Waals surface area contributed by atoms with Crippen LogP contribution < -0.4 is 0 Å². The van der Waals surface area contributed by atoms with Crippen LogP contribution in [0.15, 0.2) is 48.5 Å². The number of rotatable bonds is 2. The fourth-order valence-corrected chi connectivity index (χ4v) is 4.87. The van der Waals surface area contributed by atoms with Crippen LogP contribution in [0.3, 0.4) is 0 Å². The highest BCUT2D eigenvalue weighted by Crippen LogP contribution is 2.44. The summed E-state index contributed by atoms with van der Waals surface area (Å²) in [6.45, 7) is 3.21. The van der Waals surface area contributed by atoms with E-state index >= 15 is 0 Å². The van der Waals surface area contributed by atoms with Crippen molar-refractivity contribution in [3.05, 3.63) is 59.7 Å². The Morgan fingerprint density at radius 3 is 2.37 bits per heavy atom. The molecule has 0 spiro atoms. The lowest BCUT2D eigenvalue weighted by Crippen LogP contribution is -2.52. The quantitative estimate of drug-likeness (QED) is 0.890. The van der Waals surface area contributed by atoms with Gasteiger partial charge in [0.25, 0.3) is 0 Å². The average molecular weight is 364 g/mol. The number of hydrogen-bond acceptors (Lipinski definition) is 4. The Morgan fingerprint density at radius 1 is 1.00 bits per heavy atom. The summed E-state index contributed by atoms with van der Waals surface area (Å²) in [5.41, 5.74) is 4.94. The zero-order valence-corrected chi connectivity index (χ0v) is 15.3. The number of aliphatic hydroxyl groups excluding tert-OH is 1. The fraction of sp³-hybridized carbons (Fsp3) is 0.409. The first-order valence-corrected chi connectivity index (χ1v) is 9.73. The van der Waals surface area contributed by atoms with Crippen LogP contribution in [0.25, 0.3) is 11.1 Å². The summed E-state index contributed by atoms with van der Waals surface area (Å²) in [7, 11) is 0. The molecule has 2 aromatic rings. The Morgan fingerprint density at radius 2 is 1.67 bits per heavy atom. The van der Waals surface area contributed by atoms with E-state index in [9.17, 15) is 9.90 Å². The molecular formula is C22H24N2O3. The second-order valence-corrected chi connectivity index (χ2v) is 7.79. The van der Waals surface area contributed by atoms with E-state index in [2.05, 4.69) is 41.3 Å². The number of benzene rings is 2. The van der Waals surface area contributed by atoms with Gasteiger partial charge in [0.15, 0.2) is 0 Å². The van der Waals surface area contributed by atoms with E-state index in [4.69, 9.17) is 4.74 Å². The van der Waals surface area contributed by atoms with Crippen molar-refractivity contribution in [2.45, 2.75) is 24.5 Å². The molecule has 5 rings (SSSR count). The standard InChI is InChI=1S/C22H24N2O3/c25-16-11-15-12-24(10-9-23(15)13-16)22(26)27-14-21-19-7-3-1-5-17(19)18-6-2-4-8-20(18)21/h1-8,15-16,21,25H,9-14H2/t15-,16-/m0/s1. The zero-order chi connectivity index (χ0) is 18.4. The number of carbonyl (C=O) groups is 1. The van der Waals surface area contributed by atoms with Crippen LogP contribution in [0.5, 0.6) is 0 Å². The largest absolute Gasteiger partial charge is 0.448 e. The minimum Gasteiger partial charge on any atom is -0.448 e. The Kier molecular flexibility index (Phi) is 4.14. The Labute approximate surface area is 159 Å². The molecule has 0 saturated carbocycles. The van der Waals surface area contributed by atoms with Gasteiger partial charge in [-0.15, -0.1) is 0 Å². The second-order valence-electron chi connectivity index (χ2n) is 7.79. The summed E-state index contributed by atoms with van der Waals surface area (Å²) in [6.07, 6.45) is 0.239. The fourth-order valence-electron chi connectivity index (χ4n) is 4.87.